The standard InChI is InChI=1S/C26H29ClN2.C24H25ClN2/c1-2-29-17-16-28(20-24(29)18-21-8-4-3-5-9-21)19-22-12-14-23(15-13-22)25-10-6-7-11-26(25)27;25-24-9-5-4-8-23(24)21-12-10-20(11-13-21)17-27-15-14-26-22(18-27)16-19-6-2-1-3-7-19/h3-15,24H,2,16-20H2,1H3;1-13,22,26H,14-18H2/t24-;22-/m00/s1. The van der Waals surface area contributed by atoms with Gasteiger partial charge in [-0.1, -0.05) is 176 Å². The van der Waals surface area contributed by atoms with E-state index in [4.69, 9.17) is 23.2 Å². The third-order valence-corrected chi connectivity index (χ3v) is 11.8. The molecule has 0 aliphatic carbocycles. The van der Waals surface area contributed by atoms with Crippen LogP contribution in [0.25, 0.3) is 22.3 Å². The normalized spacial score (nSPS) is 17.9. The largest absolute Gasteiger partial charge is 0.311 e. The average molecular weight is 782 g/mol. The average Bonchev–Trinajstić information content (AvgIpc) is 3.23. The van der Waals surface area contributed by atoms with Crippen molar-refractivity contribution in [1.29, 1.82) is 0 Å². The van der Waals surface area contributed by atoms with Crippen LogP contribution in [-0.4, -0.2) is 72.6 Å². The predicted octanol–water partition coefficient (Wildman–Crippen LogP) is 10.8. The molecule has 0 radical (unpaired) electrons. The van der Waals surface area contributed by atoms with E-state index >= 15 is 0 Å². The van der Waals surface area contributed by atoms with Gasteiger partial charge >= 0.3 is 0 Å². The molecule has 4 nitrogen and oxygen atoms in total. The first-order valence-corrected chi connectivity index (χ1v) is 20.9. The number of rotatable bonds is 11. The number of benzene rings is 6. The van der Waals surface area contributed by atoms with Crippen molar-refractivity contribution >= 4 is 23.2 Å². The van der Waals surface area contributed by atoms with Gasteiger partial charge in [0, 0.05) is 85.6 Å². The Morgan fingerprint density at radius 2 is 0.982 bits per heavy atom. The molecule has 0 spiro atoms. The van der Waals surface area contributed by atoms with Crippen LogP contribution in [0.4, 0.5) is 0 Å². The molecule has 6 heteroatoms. The number of likely N-dealkylation sites (N-methyl/N-ethyl adjacent to an activating group) is 1. The zero-order chi connectivity index (χ0) is 38.5. The Morgan fingerprint density at radius 1 is 0.500 bits per heavy atom. The van der Waals surface area contributed by atoms with Crippen LogP contribution < -0.4 is 5.32 Å². The molecule has 8 rings (SSSR count). The molecule has 2 atom stereocenters. The van der Waals surface area contributed by atoms with Crippen molar-refractivity contribution in [3.05, 3.63) is 190 Å². The lowest BCUT2D eigenvalue weighted by Crippen LogP contribution is -2.53. The zero-order valence-corrected chi connectivity index (χ0v) is 34.1. The van der Waals surface area contributed by atoms with Crippen molar-refractivity contribution in [2.75, 3.05) is 45.8 Å². The minimum atomic E-state index is 0.517. The Morgan fingerprint density at radius 3 is 1.50 bits per heavy atom. The van der Waals surface area contributed by atoms with Crippen LogP contribution in [0.15, 0.2) is 158 Å². The fourth-order valence-electron chi connectivity index (χ4n) is 8.16. The highest BCUT2D eigenvalue weighted by Crippen LogP contribution is 2.29. The van der Waals surface area contributed by atoms with E-state index in [1.807, 2.05) is 36.4 Å². The van der Waals surface area contributed by atoms with E-state index in [1.54, 1.807) is 0 Å². The molecule has 0 bridgehead atoms. The van der Waals surface area contributed by atoms with Gasteiger partial charge in [0.25, 0.3) is 0 Å². The molecule has 2 aliphatic rings. The minimum Gasteiger partial charge on any atom is -0.311 e. The van der Waals surface area contributed by atoms with Crippen LogP contribution in [0, 0.1) is 0 Å². The highest BCUT2D eigenvalue weighted by molar-refractivity contribution is 6.33. The third-order valence-electron chi connectivity index (χ3n) is 11.2. The molecule has 0 saturated carbocycles. The van der Waals surface area contributed by atoms with Gasteiger partial charge in [-0.2, -0.15) is 0 Å². The first kappa shape index (κ1) is 40.0. The second-order valence-corrected chi connectivity index (χ2v) is 16.0. The monoisotopic (exact) mass is 780 g/mol. The Labute approximate surface area is 344 Å². The van der Waals surface area contributed by atoms with Gasteiger partial charge in [0.1, 0.15) is 0 Å². The summed E-state index contributed by atoms with van der Waals surface area (Å²) in [6.07, 6.45) is 2.21. The molecule has 0 amide bonds. The van der Waals surface area contributed by atoms with E-state index in [2.05, 4.69) is 148 Å². The molecular formula is C50H54Cl2N4. The smallest absolute Gasteiger partial charge is 0.0484 e. The second-order valence-electron chi connectivity index (χ2n) is 15.1. The van der Waals surface area contributed by atoms with Crippen LogP contribution >= 0.6 is 23.2 Å². The number of hydrogen-bond acceptors (Lipinski definition) is 4. The van der Waals surface area contributed by atoms with Crippen LogP contribution in [0.1, 0.15) is 29.2 Å². The predicted molar refractivity (Wildman–Crippen MR) is 237 cm³/mol. The summed E-state index contributed by atoms with van der Waals surface area (Å²) in [5.74, 6) is 0. The molecule has 0 aromatic heterocycles. The quantitative estimate of drug-likeness (QED) is 0.141. The number of halogens is 2. The Kier molecular flexibility index (Phi) is 14.4. The van der Waals surface area contributed by atoms with Crippen LogP contribution in [0.3, 0.4) is 0 Å². The Bertz CT molecular complexity index is 2070. The number of piperazine rings is 2. The Hall–Kier alpha value is -4.26. The molecule has 6 aromatic rings. The minimum absolute atomic E-state index is 0.517. The molecule has 2 heterocycles. The molecule has 1 N–H and O–H groups in total. The SMILES string of the molecule is CCN1CCN(Cc2ccc(-c3ccccc3Cl)cc2)C[C@@H]1Cc1ccccc1.Clc1ccccc1-c1ccc(CN2CCN[C@@H](Cc3ccccc3)C2)cc1. The molecule has 2 saturated heterocycles. The molecule has 0 unspecified atom stereocenters. The summed E-state index contributed by atoms with van der Waals surface area (Å²) in [5, 5.41) is 5.27. The molecule has 56 heavy (non-hydrogen) atoms. The van der Waals surface area contributed by atoms with Crippen molar-refractivity contribution in [3.63, 3.8) is 0 Å². The van der Waals surface area contributed by atoms with Crippen molar-refractivity contribution < 1.29 is 0 Å². The molecule has 288 valence electrons. The Balaban J connectivity index is 0.000000172. The van der Waals surface area contributed by atoms with Crippen molar-refractivity contribution in [2.24, 2.45) is 0 Å². The van der Waals surface area contributed by atoms with E-state index in [0.717, 1.165) is 92.9 Å². The first-order valence-electron chi connectivity index (χ1n) is 20.2. The van der Waals surface area contributed by atoms with E-state index in [1.165, 1.54) is 33.4 Å². The molecule has 6 aromatic carbocycles. The van der Waals surface area contributed by atoms with E-state index < -0.39 is 0 Å². The van der Waals surface area contributed by atoms with Gasteiger partial charge in [-0.3, -0.25) is 14.7 Å². The maximum Gasteiger partial charge on any atom is 0.0484 e. The maximum atomic E-state index is 6.35. The molecule has 2 fully saturated rings. The summed E-state index contributed by atoms with van der Waals surface area (Å²) in [7, 11) is 0. The van der Waals surface area contributed by atoms with Gasteiger partial charge in [-0.05, 0) is 64.9 Å². The number of nitrogens with zero attached hydrogens (tertiary/aromatic N) is 3. The van der Waals surface area contributed by atoms with E-state index in [9.17, 15) is 0 Å². The summed E-state index contributed by atoms with van der Waals surface area (Å²) in [6.45, 7) is 12.0. The molecule has 2 aliphatic heterocycles. The lowest BCUT2D eigenvalue weighted by Gasteiger charge is -2.41. The highest BCUT2D eigenvalue weighted by atomic mass is 35.5. The summed E-state index contributed by atoms with van der Waals surface area (Å²) in [5.41, 5.74) is 10.1. The zero-order valence-electron chi connectivity index (χ0n) is 32.5. The van der Waals surface area contributed by atoms with Crippen molar-refractivity contribution in [1.82, 2.24) is 20.0 Å². The summed E-state index contributed by atoms with van der Waals surface area (Å²) >= 11 is 12.7. The van der Waals surface area contributed by atoms with Gasteiger partial charge < -0.3 is 5.32 Å². The van der Waals surface area contributed by atoms with Crippen molar-refractivity contribution in [2.45, 2.75) is 44.9 Å². The van der Waals surface area contributed by atoms with E-state index in [-0.39, 0.29) is 0 Å². The van der Waals surface area contributed by atoms with Gasteiger partial charge in [-0.15, -0.1) is 0 Å². The number of hydrogen-bond donors (Lipinski definition) is 1. The van der Waals surface area contributed by atoms with Crippen LogP contribution in [0.2, 0.25) is 10.0 Å². The van der Waals surface area contributed by atoms with Gasteiger partial charge in [0.2, 0.25) is 0 Å². The fourth-order valence-corrected chi connectivity index (χ4v) is 8.65. The van der Waals surface area contributed by atoms with Crippen LogP contribution in [0.5, 0.6) is 0 Å². The van der Waals surface area contributed by atoms with Gasteiger partial charge in [-0.25, -0.2) is 0 Å². The summed E-state index contributed by atoms with van der Waals surface area (Å²) in [6, 6.07) is 56.5. The van der Waals surface area contributed by atoms with Crippen LogP contribution in [-0.2, 0) is 25.9 Å². The first-order chi connectivity index (χ1) is 27.5. The van der Waals surface area contributed by atoms with Gasteiger partial charge in [0.15, 0.2) is 0 Å². The third kappa shape index (κ3) is 11.2. The summed E-state index contributed by atoms with van der Waals surface area (Å²) in [4.78, 5) is 7.78. The van der Waals surface area contributed by atoms with E-state index in [0.29, 0.717) is 12.1 Å². The topological polar surface area (TPSA) is 21.8 Å². The fraction of sp³-hybridized carbons (Fsp3) is 0.280. The lowest BCUT2D eigenvalue weighted by atomic mass is 10.0. The second kappa shape index (κ2) is 20.2. The molecular weight excluding hydrogens is 727 g/mol. The van der Waals surface area contributed by atoms with Crippen molar-refractivity contribution in [3.8, 4) is 22.3 Å². The highest BCUT2D eigenvalue weighted by Gasteiger charge is 2.26. The maximum absolute atomic E-state index is 6.35. The summed E-state index contributed by atoms with van der Waals surface area (Å²) < 4.78 is 0. The lowest BCUT2D eigenvalue weighted by molar-refractivity contribution is 0.0741. The number of nitrogens with one attached hydrogen (secondary N) is 1. The van der Waals surface area contributed by atoms with Gasteiger partial charge in [0.05, 0.1) is 0 Å².